The second kappa shape index (κ2) is 5.86. The molecule has 1 saturated heterocycles. The third-order valence-electron chi connectivity index (χ3n) is 4.12. The molecule has 2 rings (SSSR count). The maximum Gasteiger partial charge on any atom is 0.214 e. The van der Waals surface area contributed by atoms with E-state index in [-0.39, 0.29) is 11.3 Å². The number of hydrogen-bond acceptors (Lipinski definition) is 4. The molecule has 0 aromatic heterocycles. The number of sulfonamides is 1. The molecule has 1 heterocycles. The minimum atomic E-state index is -3.13. The molecule has 1 aliphatic carbocycles. The summed E-state index contributed by atoms with van der Waals surface area (Å²) in [7, 11) is -1.05. The second-order valence-corrected chi connectivity index (χ2v) is 7.63. The Balaban J connectivity index is 1.80. The SMILES string of the molecule is CC(CNS(=O)(=O)C1CCNCC1)N(C)C1CC1. The molecule has 0 aromatic rings. The van der Waals surface area contributed by atoms with E-state index in [9.17, 15) is 8.42 Å². The van der Waals surface area contributed by atoms with Gasteiger partial charge in [-0.25, -0.2) is 13.1 Å². The average molecular weight is 275 g/mol. The highest BCUT2D eigenvalue weighted by Gasteiger charge is 2.31. The lowest BCUT2D eigenvalue weighted by molar-refractivity contribution is 0.248. The van der Waals surface area contributed by atoms with Crippen molar-refractivity contribution in [3.05, 3.63) is 0 Å². The highest BCUT2D eigenvalue weighted by atomic mass is 32.2. The van der Waals surface area contributed by atoms with Crippen molar-refractivity contribution in [1.29, 1.82) is 0 Å². The van der Waals surface area contributed by atoms with Crippen LogP contribution in [-0.4, -0.2) is 57.3 Å². The average Bonchev–Trinajstić information content (AvgIpc) is 3.20. The molecule has 0 amide bonds. The van der Waals surface area contributed by atoms with Gasteiger partial charge in [0.2, 0.25) is 10.0 Å². The molecule has 5 nitrogen and oxygen atoms in total. The van der Waals surface area contributed by atoms with Gasteiger partial charge in [-0.05, 0) is 52.7 Å². The van der Waals surface area contributed by atoms with Crippen LogP contribution in [0.15, 0.2) is 0 Å². The van der Waals surface area contributed by atoms with Gasteiger partial charge in [-0.15, -0.1) is 0 Å². The van der Waals surface area contributed by atoms with Gasteiger partial charge in [-0.1, -0.05) is 0 Å². The lowest BCUT2D eigenvalue weighted by Crippen LogP contribution is -2.46. The van der Waals surface area contributed by atoms with E-state index in [1.165, 1.54) is 12.8 Å². The number of hydrogen-bond donors (Lipinski definition) is 2. The molecule has 6 heteroatoms. The van der Waals surface area contributed by atoms with Gasteiger partial charge in [-0.3, -0.25) is 4.90 Å². The van der Waals surface area contributed by atoms with E-state index in [0.717, 1.165) is 25.9 Å². The molecule has 1 atom stereocenters. The molecule has 2 fully saturated rings. The zero-order chi connectivity index (χ0) is 13.2. The van der Waals surface area contributed by atoms with Crippen LogP contribution in [0.3, 0.4) is 0 Å². The molecule has 0 aromatic carbocycles. The van der Waals surface area contributed by atoms with Crippen LogP contribution in [0.2, 0.25) is 0 Å². The molecule has 1 saturated carbocycles. The van der Waals surface area contributed by atoms with Gasteiger partial charge >= 0.3 is 0 Å². The summed E-state index contributed by atoms with van der Waals surface area (Å²) in [4.78, 5) is 2.28. The Labute approximate surface area is 110 Å². The molecular formula is C12H25N3O2S. The molecular weight excluding hydrogens is 250 g/mol. The number of nitrogens with one attached hydrogen (secondary N) is 2. The van der Waals surface area contributed by atoms with E-state index in [4.69, 9.17) is 0 Å². The van der Waals surface area contributed by atoms with Crippen molar-refractivity contribution in [2.75, 3.05) is 26.7 Å². The monoisotopic (exact) mass is 275 g/mol. The summed E-state index contributed by atoms with van der Waals surface area (Å²) in [6.45, 7) is 4.23. The predicted octanol–water partition coefficient (Wildman–Crippen LogP) is 0.141. The van der Waals surface area contributed by atoms with Crippen molar-refractivity contribution in [1.82, 2.24) is 14.9 Å². The number of likely N-dealkylation sites (N-methyl/N-ethyl adjacent to an activating group) is 1. The van der Waals surface area contributed by atoms with Gasteiger partial charge in [-0.2, -0.15) is 0 Å². The smallest absolute Gasteiger partial charge is 0.214 e. The Hall–Kier alpha value is -0.170. The second-order valence-electron chi connectivity index (χ2n) is 5.59. The number of piperidine rings is 1. The Morgan fingerprint density at radius 1 is 1.28 bits per heavy atom. The first-order chi connectivity index (χ1) is 8.50. The van der Waals surface area contributed by atoms with E-state index < -0.39 is 10.0 Å². The summed E-state index contributed by atoms with van der Waals surface area (Å²) in [6.07, 6.45) is 3.95. The number of nitrogens with zero attached hydrogens (tertiary/aromatic N) is 1. The highest BCUT2D eigenvalue weighted by molar-refractivity contribution is 7.90. The van der Waals surface area contributed by atoms with Crippen molar-refractivity contribution in [2.45, 2.75) is 49.9 Å². The minimum Gasteiger partial charge on any atom is -0.317 e. The van der Waals surface area contributed by atoms with E-state index in [2.05, 4.69) is 28.9 Å². The lowest BCUT2D eigenvalue weighted by Gasteiger charge is -2.27. The van der Waals surface area contributed by atoms with Crippen LogP contribution in [-0.2, 0) is 10.0 Å². The van der Waals surface area contributed by atoms with Gasteiger partial charge in [0.15, 0.2) is 0 Å². The zero-order valence-electron chi connectivity index (χ0n) is 11.4. The van der Waals surface area contributed by atoms with Crippen molar-refractivity contribution in [3.63, 3.8) is 0 Å². The third kappa shape index (κ3) is 3.66. The van der Waals surface area contributed by atoms with Crippen molar-refractivity contribution >= 4 is 10.0 Å². The molecule has 1 unspecified atom stereocenters. The molecule has 1 aliphatic heterocycles. The largest absolute Gasteiger partial charge is 0.317 e. The summed E-state index contributed by atoms with van der Waals surface area (Å²) < 4.78 is 27.1. The Kier molecular flexibility index (Phi) is 4.64. The standard InChI is InChI=1S/C12H25N3O2S/c1-10(15(2)11-3-4-11)9-14-18(16,17)12-5-7-13-8-6-12/h10-14H,3-9H2,1-2H3. The zero-order valence-corrected chi connectivity index (χ0v) is 12.2. The summed E-state index contributed by atoms with van der Waals surface area (Å²) in [5.74, 6) is 0. The first-order valence-electron chi connectivity index (χ1n) is 6.92. The van der Waals surface area contributed by atoms with Crippen LogP contribution < -0.4 is 10.0 Å². The van der Waals surface area contributed by atoms with Gasteiger partial charge in [0.25, 0.3) is 0 Å². The maximum absolute atomic E-state index is 12.1. The van der Waals surface area contributed by atoms with Gasteiger partial charge in [0.1, 0.15) is 0 Å². The fourth-order valence-corrected chi connectivity index (χ4v) is 4.01. The molecule has 18 heavy (non-hydrogen) atoms. The third-order valence-corrected chi connectivity index (χ3v) is 6.04. The fraction of sp³-hybridized carbons (Fsp3) is 1.00. The van der Waals surface area contributed by atoms with E-state index in [1.54, 1.807) is 0 Å². The quantitative estimate of drug-likeness (QED) is 0.724. The predicted molar refractivity (Wildman–Crippen MR) is 73.1 cm³/mol. The maximum atomic E-state index is 12.1. The lowest BCUT2D eigenvalue weighted by atomic mass is 10.2. The highest BCUT2D eigenvalue weighted by Crippen LogP contribution is 2.26. The first kappa shape index (κ1) is 14.2. The van der Waals surface area contributed by atoms with Gasteiger partial charge in [0, 0.05) is 18.6 Å². The molecule has 2 aliphatic rings. The van der Waals surface area contributed by atoms with E-state index in [1.807, 2.05) is 0 Å². The fourth-order valence-electron chi connectivity index (χ4n) is 2.45. The summed E-state index contributed by atoms with van der Waals surface area (Å²) >= 11 is 0. The molecule has 0 radical (unpaired) electrons. The molecule has 106 valence electrons. The Morgan fingerprint density at radius 2 is 1.89 bits per heavy atom. The van der Waals surface area contributed by atoms with Crippen LogP contribution >= 0.6 is 0 Å². The molecule has 0 spiro atoms. The minimum absolute atomic E-state index is 0.211. The number of rotatable bonds is 6. The van der Waals surface area contributed by atoms with Crippen molar-refractivity contribution in [2.24, 2.45) is 0 Å². The molecule has 2 N–H and O–H groups in total. The van der Waals surface area contributed by atoms with Crippen LogP contribution in [0.25, 0.3) is 0 Å². The van der Waals surface area contributed by atoms with Crippen molar-refractivity contribution < 1.29 is 8.42 Å². The van der Waals surface area contributed by atoms with Crippen LogP contribution in [0, 0.1) is 0 Å². The summed E-state index contributed by atoms with van der Waals surface area (Å²) in [5, 5.41) is 2.98. The summed E-state index contributed by atoms with van der Waals surface area (Å²) in [5.41, 5.74) is 0. The van der Waals surface area contributed by atoms with Crippen molar-refractivity contribution in [3.8, 4) is 0 Å². The Bertz CT molecular complexity index is 362. The molecule has 0 bridgehead atoms. The van der Waals surface area contributed by atoms with Gasteiger partial charge in [0.05, 0.1) is 5.25 Å². The van der Waals surface area contributed by atoms with Crippen LogP contribution in [0.5, 0.6) is 0 Å². The van der Waals surface area contributed by atoms with Gasteiger partial charge < -0.3 is 5.32 Å². The first-order valence-corrected chi connectivity index (χ1v) is 8.46. The van der Waals surface area contributed by atoms with Crippen LogP contribution in [0.1, 0.15) is 32.6 Å². The Morgan fingerprint density at radius 3 is 2.44 bits per heavy atom. The topological polar surface area (TPSA) is 61.4 Å². The summed E-state index contributed by atoms with van der Waals surface area (Å²) in [6, 6.07) is 0.942. The normalized spacial score (nSPS) is 24.4. The van der Waals surface area contributed by atoms with E-state index >= 15 is 0 Å². The van der Waals surface area contributed by atoms with Crippen LogP contribution in [0.4, 0.5) is 0 Å². The van der Waals surface area contributed by atoms with E-state index in [0.29, 0.717) is 12.6 Å².